The van der Waals surface area contributed by atoms with Crippen LogP contribution in [0.4, 0.5) is 5.82 Å². The molecule has 0 fully saturated rings. The Morgan fingerprint density at radius 3 is 2.32 bits per heavy atom. The van der Waals surface area contributed by atoms with Crippen LogP contribution in [0.1, 0.15) is 25.0 Å². The number of anilines is 1. The van der Waals surface area contributed by atoms with Crippen LogP contribution in [0.5, 0.6) is 0 Å². The zero-order valence-corrected chi connectivity index (χ0v) is 14.4. The Morgan fingerprint density at radius 1 is 1.04 bits per heavy atom. The van der Waals surface area contributed by atoms with E-state index >= 15 is 0 Å². The lowest BCUT2D eigenvalue weighted by atomic mass is 9.97. The Labute approximate surface area is 148 Å². The highest BCUT2D eigenvalue weighted by Crippen LogP contribution is 2.31. The van der Waals surface area contributed by atoms with Gasteiger partial charge in [0, 0.05) is 23.5 Å². The largest absolute Gasteiger partial charge is 0.383 e. The Bertz CT molecular complexity index is 907. The third-order valence-electron chi connectivity index (χ3n) is 4.04. The number of hydrogen-bond acceptors (Lipinski definition) is 4. The molecule has 2 aromatic heterocycles. The molecule has 3 rings (SSSR count). The number of pyridine rings is 2. The second-order valence-electron chi connectivity index (χ2n) is 6.46. The van der Waals surface area contributed by atoms with E-state index in [1.165, 1.54) is 5.56 Å². The molecule has 0 amide bonds. The van der Waals surface area contributed by atoms with Gasteiger partial charge in [-0.15, -0.1) is 0 Å². The van der Waals surface area contributed by atoms with Crippen LogP contribution >= 0.6 is 0 Å². The lowest BCUT2D eigenvalue weighted by molar-refractivity contribution is 0.647. The molecule has 0 unspecified atom stereocenters. The lowest BCUT2D eigenvalue weighted by Gasteiger charge is -2.11. The minimum Gasteiger partial charge on any atom is -0.383 e. The summed E-state index contributed by atoms with van der Waals surface area (Å²) in [6.07, 6.45) is 4.45. The maximum atomic E-state index is 9.46. The van der Waals surface area contributed by atoms with E-state index in [1.54, 1.807) is 12.4 Å². The molecule has 0 spiro atoms. The fourth-order valence-corrected chi connectivity index (χ4v) is 2.87. The number of aromatic nitrogens is 2. The first-order valence-corrected chi connectivity index (χ1v) is 8.29. The van der Waals surface area contributed by atoms with Gasteiger partial charge in [0.1, 0.15) is 17.5 Å². The van der Waals surface area contributed by atoms with Crippen molar-refractivity contribution in [2.24, 2.45) is 5.92 Å². The maximum absolute atomic E-state index is 9.46. The lowest BCUT2D eigenvalue weighted by Crippen LogP contribution is -2.00. The number of nitrogens with two attached hydrogens (primary N) is 1. The Kier molecular flexibility index (Phi) is 4.76. The van der Waals surface area contributed by atoms with Gasteiger partial charge in [-0.1, -0.05) is 38.1 Å². The van der Waals surface area contributed by atoms with Gasteiger partial charge in [-0.25, -0.2) is 4.98 Å². The van der Waals surface area contributed by atoms with Crippen LogP contribution in [0.25, 0.3) is 22.4 Å². The molecule has 0 bridgehead atoms. The summed E-state index contributed by atoms with van der Waals surface area (Å²) in [6.45, 7) is 4.41. The van der Waals surface area contributed by atoms with Gasteiger partial charge in [-0.05, 0) is 41.7 Å². The third kappa shape index (κ3) is 3.67. The fourth-order valence-electron chi connectivity index (χ4n) is 2.87. The van der Waals surface area contributed by atoms with Gasteiger partial charge in [0.05, 0.1) is 5.69 Å². The van der Waals surface area contributed by atoms with Crippen molar-refractivity contribution < 1.29 is 0 Å². The monoisotopic (exact) mass is 328 g/mol. The number of nitrogens with zero attached hydrogens (tertiary/aromatic N) is 3. The molecular formula is C21H20N4. The summed E-state index contributed by atoms with van der Waals surface area (Å²) >= 11 is 0. The van der Waals surface area contributed by atoms with E-state index in [1.807, 2.05) is 18.2 Å². The van der Waals surface area contributed by atoms with Crippen molar-refractivity contribution in [3.8, 4) is 28.5 Å². The summed E-state index contributed by atoms with van der Waals surface area (Å²) in [5.74, 6) is 0.867. The van der Waals surface area contributed by atoms with Gasteiger partial charge in [0.15, 0.2) is 0 Å². The summed E-state index contributed by atoms with van der Waals surface area (Å²) < 4.78 is 0. The van der Waals surface area contributed by atoms with Crippen molar-refractivity contribution >= 4 is 5.82 Å². The third-order valence-corrected chi connectivity index (χ3v) is 4.04. The fraction of sp³-hybridized carbons (Fsp3) is 0.190. The molecule has 2 N–H and O–H groups in total. The Balaban J connectivity index is 2.06. The molecule has 3 aromatic rings. The topological polar surface area (TPSA) is 75.6 Å². The van der Waals surface area contributed by atoms with Crippen molar-refractivity contribution in [2.75, 3.05) is 5.73 Å². The van der Waals surface area contributed by atoms with Crippen molar-refractivity contribution in [3.63, 3.8) is 0 Å². The minimum absolute atomic E-state index is 0.248. The van der Waals surface area contributed by atoms with Crippen LogP contribution in [0.15, 0.2) is 54.9 Å². The minimum atomic E-state index is 0.248. The molecule has 0 saturated heterocycles. The molecule has 0 aliphatic heterocycles. The Morgan fingerprint density at radius 2 is 1.72 bits per heavy atom. The molecule has 0 aliphatic rings. The van der Waals surface area contributed by atoms with Crippen molar-refractivity contribution in [3.05, 3.63) is 66.0 Å². The Hall–Kier alpha value is -3.19. The van der Waals surface area contributed by atoms with E-state index in [2.05, 4.69) is 54.2 Å². The van der Waals surface area contributed by atoms with Crippen LogP contribution in [0.3, 0.4) is 0 Å². The molecule has 4 nitrogen and oxygen atoms in total. The SMILES string of the molecule is CC(C)Cc1ccc(-c2cc(-c3ccncc3)c(C#N)c(N)n2)cc1. The summed E-state index contributed by atoms with van der Waals surface area (Å²) in [6, 6.07) is 16.2. The number of hydrogen-bond donors (Lipinski definition) is 1. The first-order valence-electron chi connectivity index (χ1n) is 8.29. The maximum Gasteiger partial charge on any atom is 0.142 e. The number of rotatable bonds is 4. The van der Waals surface area contributed by atoms with Crippen LogP contribution < -0.4 is 5.73 Å². The predicted octanol–water partition coefficient (Wildman–Crippen LogP) is 4.46. The number of benzene rings is 1. The van der Waals surface area contributed by atoms with Gasteiger partial charge in [0.2, 0.25) is 0 Å². The van der Waals surface area contributed by atoms with Gasteiger partial charge in [-0.2, -0.15) is 5.26 Å². The molecule has 4 heteroatoms. The summed E-state index contributed by atoms with van der Waals surface area (Å²) in [7, 11) is 0. The van der Waals surface area contributed by atoms with Crippen molar-refractivity contribution in [2.45, 2.75) is 20.3 Å². The quantitative estimate of drug-likeness (QED) is 0.767. The van der Waals surface area contributed by atoms with Gasteiger partial charge in [0.25, 0.3) is 0 Å². The van der Waals surface area contributed by atoms with E-state index in [4.69, 9.17) is 5.73 Å². The first-order chi connectivity index (χ1) is 12.1. The highest BCUT2D eigenvalue weighted by atomic mass is 14.8. The molecule has 0 atom stereocenters. The van der Waals surface area contributed by atoms with Crippen molar-refractivity contribution in [1.29, 1.82) is 5.26 Å². The predicted molar refractivity (Wildman–Crippen MR) is 101 cm³/mol. The first kappa shape index (κ1) is 16.7. The average Bonchev–Trinajstić information content (AvgIpc) is 2.62. The number of nitrogen functional groups attached to an aromatic ring is 1. The van der Waals surface area contributed by atoms with Crippen LogP contribution in [0.2, 0.25) is 0 Å². The normalized spacial score (nSPS) is 10.6. The molecule has 124 valence electrons. The van der Waals surface area contributed by atoms with E-state index in [0.717, 1.165) is 28.8 Å². The van der Waals surface area contributed by atoms with Gasteiger partial charge < -0.3 is 5.73 Å². The molecule has 0 radical (unpaired) electrons. The van der Waals surface area contributed by atoms with Crippen LogP contribution in [0, 0.1) is 17.2 Å². The molecule has 1 aromatic carbocycles. The average molecular weight is 328 g/mol. The van der Waals surface area contributed by atoms with Gasteiger partial charge in [-0.3, -0.25) is 4.98 Å². The second-order valence-corrected chi connectivity index (χ2v) is 6.46. The summed E-state index contributed by atoms with van der Waals surface area (Å²) in [5, 5.41) is 9.46. The highest BCUT2D eigenvalue weighted by molar-refractivity contribution is 5.79. The zero-order chi connectivity index (χ0) is 17.8. The zero-order valence-electron chi connectivity index (χ0n) is 14.4. The van der Waals surface area contributed by atoms with E-state index in [-0.39, 0.29) is 5.82 Å². The summed E-state index contributed by atoms with van der Waals surface area (Å²) in [4.78, 5) is 8.46. The molecule has 0 aliphatic carbocycles. The smallest absolute Gasteiger partial charge is 0.142 e. The summed E-state index contributed by atoms with van der Waals surface area (Å²) in [5.41, 5.74) is 11.2. The number of nitriles is 1. The second kappa shape index (κ2) is 7.14. The molecule has 0 saturated carbocycles. The molecule has 2 heterocycles. The van der Waals surface area contributed by atoms with Crippen LogP contribution in [-0.2, 0) is 6.42 Å². The van der Waals surface area contributed by atoms with E-state index < -0.39 is 0 Å². The van der Waals surface area contributed by atoms with E-state index in [9.17, 15) is 5.26 Å². The van der Waals surface area contributed by atoms with Gasteiger partial charge >= 0.3 is 0 Å². The van der Waals surface area contributed by atoms with E-state index in [0.29, 0.717) is 11.5 Å². The molecular weight excluding hydrogens is 308 g/mol. The molecule has 25 heavy (non-hydrogen) atoms. The van der Waals surface area contributed by atoms with Crippen molar-refractivity contribution in [1.82, 2.24) is 9.97 Å². The standard InChI is InChI=1S/C21H20N4/c1-14(2)11-15-3-5-17(6-4-15)20-12-18(16-7-9-24-10-8-16)19(13-22)21(23)25-20/h3-10,12,14H,11H2,1-2H3,(H2,23,25). The van der Waals surface area contributed by atoms with Crippen LogP contribution in [-0.4, -0.2) is 9.97 Å². The highest BCUT2D eigenvalue weighted by Gasteiger charge is 2.13.